The van der Waals surface area contributed by atoms with E-state index in [1.54, 1.807) is 0 Å². The van der Waals surface area contributed by atoms with Crippen LogP contribution in [0.25, 0.3) is 0 Å². The normalized spacial score (nSPS) is 14.8. The maximum Gasteiger partial charge on any atom is 0.259 e. The van der Waals surface area contributed by atoms with E-state index < -0.39 is 15.9 Å². The van der Waals surface area contributed by atoms with Crippen molar-refractivity contribution in [1.82, 2.24) is 9.29 Å². The Kier molecular flexibility index (Phi) is 5.67. The van der Waals surface area contributed by atoms with Crippen LogP contribution in [-0.4, -0.2) is 37.7 Å². The summed E-state index contributed by atoms with van der Waals surface area (Å²) in [7, 11) is -0.773. The number of amides is 1. The molecule has 0 atom stereocenters. The lowest BCUT2D eigenvalue weighted by Gasteiger charge is -2.13. The number of rotatable bonds is 4. The quantitative estimate of drug-likeness (QED) is 0.777. The fraction of sp³-hybridized carbons (Fsp3) is 0.412. The summed E-state index contributed by atoms with van der Waals surface area (Å²) in [5.74, 6) is -0.463. The number of hydrogen-bond donors (Lipinski definition) is 1. The zero-order chi connectivity index (χ0) is 18.9. The summed E-state index contributed by atoms with van der Waals surface area (Å²) in [4.78, 5) is 18.4. The third-order valence-electron chi connectivity index (χ3n) is 4.28. The minimum Gasteiger partial charge on any atom is -0.298 e. The number of hydrogen-bond acceptors (Lipinski definition) is 5. The molecule has 1 aliphatic carbocycles. The second-order valence-electron chi connectivity index (χ2n) is 6.33. The SMILES string of the molecule is CN(C)S(=O)(=O)c1ccc(Cl)c(C(=O)Nc2nc3c(s2)CCCCC3)c1. The highest BCUT2D eigenvalue weighted by Crippen LogP contribution is 2.30. The Morgan fingerprint density at radius 3 is 2.69 bits per heavy atom. The number of halogens is 1. The van der Waals surface area contributed by atoms with Gasteiger partial charge in [0, 0.05) is 19.0 Å². The van der Waals surface area contributed by atoms with Crippen LogP contribution >= 0.6 is 22.9 Å². The average Bonchev–Trinajstić information content (AvgIpc) is 2.83. The van der Waals surface area contributed by atoms with Crippen molar-refractivity contribution in [2.45, 2.75) is 37.0 Å². The molecule has 3 rings (SSSR count). The van der Waals surface area contributed by atoms with Gasteiger partial charge in [-0.2, -0.15) is 0 Å². The molecule has 0 unspecified atom stereocenters. The number of benzene rings is 1. The van der Waals surface area contributed by atoms with Gasteiger partial charge in [0.05, 0.1) is 21.2 Å². The first-order valence-corrected chi connectivity index (χ1v) is 10.9. The Hall–Kier alpha value is -1.48. The lowest BCUT2D eigenvalue weighted by atomic mass is 10.2. The van der Waals surface area contributed by atoms with Crippen LogP contribution in [0.3, 0.4) is 0 Å². The zero-order valence-corrected chi connectivity index (χ0v) is 17.0. The van der Waals surface area contributed by atoms with Gasteiger partial charge in [0.1, 0.15) is 0 Å². The van der Waals surface area contributed by atoms with Crippen LogP contribution in [0.5, 0.6) is 0 Å². The number of nitrogens with one attached hydrogen (secondary N) is 1. The highest BCUT2D eigenvalue weighted by molar-refractivity contribution is 7.89. The number of nitrogens with zero attached hydrogens (tertiary/aromatic N) is 2. The molecule has 0 spiro atoms. The van der Waals surface area contributed by atoms with Gasteiger partial charge in [-0.3, -0.25) is 10.1 Å². The second-order valence-corrected chi connectivity index (χ2v) is 9.98. The maximum atomic E-state index is 12.6. The molecule has 9 heteroatoms. The molecule has 140 valence electrons. The lowest BCUT2D eigenvalue weighted by molar-refractivity contribution is 0.102. The van der Waals surface area contributed by atoms with Crippen molar-refractivity contribution in [1.29, 1.82) is 0 Å². The summed E-state index contributed by atoms with van der Waals surface area (Å²) in [6.07, 6.45) is 5.37. The lowest BCUT2D eigenvalue weighted by Crippen LogP contribution is -2.23. The Bertz CT molecular complexity index is 915. The van der Waals surface area contributed by atoms with Crippen LogP contribution in [0, 0.1) is 0 Å². The molecule has 0 radical (unpaired) electrons. The summed E-state index contributed by atoms with van der Waals surface area (Å²) in [6, 6.07) is 4.11. The van der Waals surface area contributed by atoms with Crippen molar-refractivity contribution in [3.8, 4) is 0 Å². The number of thiazole rings is 1. The fourth-order valence-corrected chi connectivity index (χ4v) is 4.97. The molecule has 0 bridgehead atoms. The van der Waals surface area contributed by atoms with Gasteiger partial charge in [-0.25, -0.2) is 17.7 Å². The van der Waals surface area contributed by atoms with Gasteiger partial charge >= 0.3 is 0 Å². The molecule has 1 heterocycles. The molecule has 26 heavy (non-hydrogen) atoms. The number of sulfonamides is 1. The van der Waals surface area contributed by atoms with Crippen LogP contribution in [0.15, 0.2) is 23.1 Å². The van der Waals surface area contributed by atoms with E-state index >= 15 is 0 Å². The summed E-state index contributed by atoms with van der Waals surface area (Å²) in [5, 5.41) is 3.48. The van der Waals surface area contributed by atoms with E-state index in [1.165, 1.54) is 54.9 Å². The second kappa shape index (κ2) is 7.64. The summed E-state index contributed by atoms with van der Waals surface area (Å²) in [6.45, 7) is 0. The summed E-state index contributed by atoms with van der Waals surface area (Å²) >= 11 is 7.60. The van der Waals surface area contributed by atoms with Crippen LogP contribution < -0.4 is 5.32 Å². The van der Waals surface area contributed by atoms with E-state index in [9.17, 15) is 13.2 Å². The molecule has 0 saturated carbocycles. The number of carbonyl (C=O) groups is 1. The van der Waals surface area contributed by atoms with Gasteiger partial charge in [-0.05, 0) is 43.9 Å². The summed E-state index contributed by atoms with van der Waals surface area (Å²) < 4.78 is 25.7. The molecule has 1 aromatic heterocycles. The largest absolute Gasteiger partial charge is 0.298 e. The Labute approximate surface area is 162 Å². The van der Waals surface area contributed by atoms with Crippen LogP contribution in [0.4, 0.5) is 5.13 Å². The van der Waals surface area contributed by atoms with Gasteiger partial charge in [0.25, 0.3) is 5.91 Å². The molecular formula is C17H20ClN3O3S2. The van der Waals surface area contributed by atoms with E-state index in [0.29, 0.717) is 5.13 Å². The Balaban J connectivity index is 1.86. The molecule has 0 fully saturated rings. The van der Waals surface area contributed by atoms with Crippen LogP contribution in [-0.2, 0) is 22.9 Å². The number of anilines is 1. The monoisotopic (exact) mass is 413 g/mol. The fourth-order valence-electron chi connectivity index (χ4n) is 2.80. The Morgan fingerprint density at radius 1 is 1.23 bits per heavy atom. The van der Waals surface area contributed by atoms with Crippen molar-refractivity contribution >= 4 is 44.0 Å². The standard InChI is InChI=1S/C17H20ClN3O3S2/c1-21(2)26(23,24)11-8-9-13(18)12(10-11)16(22)20-17-19-14-6-4-3-5-7-15(14)25-17/h8-10H,3-7H2,1-2H3,(H,19,20,22). The van der Waals surface area contributed by atoms with E-state index in [1.807, 2.05) is 0 Å². The number of aryl methyl sites for hydroxylation is 2. The van der Waals surface area contributed by atoms with Crippen molar-refractivity contribution in [3.63, 3.8) is 0 Å². The Morgan fingerprint density at radius 2 is 1.96 bits per heavy atom. The summed E-state index contributed by atoms with van der Waals surface area (Å²) in [5.41, 5.74) is 1.16. The van der Waals surface area contributed by atoms with Gasteiger partial charge in [0.2, 0.25) is 10.0 Å². The topological polar surface area (TPSA) is 79.4 Å². The van der Waals surface area contributed by atoms with Gasteiger partial charge in [-0.1, -0.05) is 18.0 Å². The number of carbonyl (C=O) groups excluding carboxylic acids is 1. The van der Waals surface area contributed by atoms with Gasteiger partial charge in [0.15, 0.2) is 5.13 Å². The van der Waals surface area contributed by atoms with Gasteiger partial charge in [-0.15, -0.1) is 11.3 Å². The van der Waals surface area contributed by atoms with Gasteiger partial charge < -0.3 is 0 Å². The average molecular weight is 414 g/mol. The molecule has 1 amide bonds. The number of fused-ring (bicyclic) bond motifs is 1. The van der Waals surface area contributed by atoms with E-state index in [4.69, 9.17) is 11.6 Å². The van der Waals surface area contributed by atoms with Crippen LogP contribution in [0.1, 0.15) is 40.2 Å². The van der Waals surface area contributed by atoms with E-state index in [2.05, 4.69) is 10.3 Å². The molecule has 1 aromatic carbocycles. The van der Waals surface area contributed by atoms with Crippen molar-refractivity contribution in [2.24, 2.45) is 0 Å². The predicted octanol–water partition coefficient (Wildman–Crippen LogP) is 3.57. The van der Waals surface area contributed by atoms with E-state index in [0.717, 1.165) is 35.7 Å². The number of aromatic nitrogens is 1. The third kappa shape index (κ3) is 3.93. The van der Waals surface area contributed by atoms with Crippen molar-refractivity contribution in [2.75, 3.05) is 19.4 Å². The molecule has 0 aliphatic heterocycles. The molecular weight excluding hydrogens is 394 g/mol. The first-order valence-electron chi connectivity index (χ1n) is 8.31. The smallest absolute Gasteiger partial charge is 0.259 e. The first kappa shape index (κ1) is 19.3. The minimum absolute atomic E-state index is 0.0203. The van der Waals surface area contributed by atoms with E-state index in [-0.39, 0.29) is 15.5 Å². The van der Waals surface area contributed by atoms with Crippen LogP contribution in [0.2, 0.25) is 5.02 Å². The maximum absolute atomic E-state index is 12.6. The molecule has 1 aliphatic rings. The minimum atomic E-state index is -3.65. The predicted molar refractivity (Wildman–Crippen MR) is 104 cm³/mol. The third-order valence-corrected chi connectivity index (χ3v) is 7.49. The molecule has 6 nitrogen and oxygen atoms in total. The van der Waals surface area contributed by atoms with Crippen molar-refractivity contribution < 1.29 is 13.2 Å². The highest BCUT2D eigenvalue weighted by Gasteiger charge is 2.22. The molecule has 0 saturated heterocycles. The molecule has 1 N–H and O–H groups in total. The first-order chi connectivity index (χ1) is 12.3. The van der Waals surface area contributed by atoms with Crippen molar-refractivity contribution in [3.05, 3.63) is 39.4 Å². The zero-order valence-electron chi connectivity index (χ0n) is 14.6. The highest BCUT2D eigenvalue weighted by atomic mass is 35.5. The molecule has 2 aromatic rings.